The third kappa shape index (κ3) is 2.65. The Balaban J connectivity index is 2.96. The summed E-state index contributed by atoms with van der Waals surface area (Å²) in [5.74, 6) is 5.74. The van der Waals surface area contributed by atoms with Gasteiger partial charge in [-0.2, -0.15) is 0 Å². The molecule has 16 heavy (non-hydrogen) atoms. The van der Waals surface area contributed by atoms with Gasteiger partial charge in [-0.1, -0.05) is 37.8 Å². The molecule has 0 spiro atoms. The molecular formula is C13H27N3. The first kappa shape index (κ1) is 13.7. The summed E-state index contributed by atoms with van der Waals surface area (Å²) in [6.45, 7) is 6.16. The van der Waals surface area contributed by atoms with E-state index < -0.39 is 0 Å². The zero-order chi connectivity index (χ0) is 12.2. The molecule has 94 valence electrons. The molecule has 1 aliphatic carbocycles. The van der Waals surface area contributed by atoms with Gasteiger partial charge in [0.2, 0.25) is 0 Å². The Morgan fingerprint density at radius 1 is 1.25 bits per heavy atom. The van der Waals surface area contributed by atoms with Crippen molar-refractivity contribution in [2.45, 2.75) is 57.0 Å². The molecule has 0 aromatic carbocycles. The molecule has 0 radical (unpaired) electrons. The molecule has 1 unspecified atom stereocenters. The highest BCUT2D eigenvalue weighted by atomic mass is 15.3. The van der Waals surface area contributed by atoms with E-state index in [1.54, 1.807) is 0 Å². The van der Waals surface area contributed by atoms with Crippen LogP contribution in [0.5, 0.6) is 0 Å². The van der Waals surface area contributed by atoms with Gasteiger partial charge in [0.1, 0.15) is 0 Å². The molecule has 1 saturated carbocycles. The standard InChI is InChI=1S/C13H27N3/c1-11(2)12(15-14)13(16(3)4)9-7-5-6-8-10-13/h12,15H,1,5-10,14H2,2-4H3. The Hall–Kier alpha value is -0.380. The van der Waals surface area contributed by atoms with Gasteiger partial charge >= 0.3 is 0 Å². The summed E-state index contributed by atoms with van der Waals surface area (Å²) in [6.07, 6.45) is 7.71. The largest absolute Gasteiger partial charge is 0.302 e. The Morgan fingerprint density at radius 3 is 2.06 bits per heavy atom. The van der Waals surface area contributed by atoms with Crippen LogP contribution in [0.15, 0.2) is 12.2 Å². The molecule has 3 heteroatoms. The smallest absolute Gasteiger partial charge is 0.0598 e. The molecule has 3 nitrogen and oxygen atoms in total. The highest BCUT2D eigenvalue weighted by Gasteiger charge is 2.40. The average Bonchev–Trinajstić information content (AvgIpc) is 2.45. The lowest BCUT2D eigenvalue weighted by Crippen LogP contribution is -2.60. The molecule has 0 aromatic rings. The van der Waals surface area contributed by atoms with E-state index in [4.69, 9.17) is 5.84 Å². The highest BCUT2D eigenvalue weighted by Crippen LogP contribution is 2.35. The summed E-state index contributed by atoms with van der Waals surface area (Å²) in [4.78, 5) is 2.34. The van der Waals surface area contributed by atoms with Crippen LogP contribution in [0.25, 0.3) is 0 Å². The van der Waals surface area contributed by atoms with Crippen molar-refractivity contribution in [2.75, 3.05) is 14.1 Å². The number of nitrogens with one attached hydrogen (secondary N) is 1. The molecular weight excluding hydrogens is 198 g/mol. The van der Waals surface area contributed by atoms with Gasteiger partial charge in [0.25, 0.3) is 0 Å². The van der Waals surface area contributed by atoms with Crippen LogP contribution in [-0.2, 0) is 0 Å². The average molecular weight is 225 g/mol. The summed E-state index contributed by atoms with van der Waals surface area (Å²) in [6, 6.07) is 0.195. The van der Waals surface area contributed by atoms with Crippen LogP contribution in [0.4, 0.5) is 0 Å². The second-order valence-electron chi connectivity index (χ2n) is 5.36. The molecule has 1 fully saturated rings. The van der Waals surface area contributed by atoms with Gasteiger partial charge in [0.05, 0.1) is 6.04 Å². The summed E-state index contributed by atoms with van der Waals surface area (Å²) in [5, 5.41) is 0. The Labute approximate surface area is 100 Å². The van der Waals surface area contributed by atoms with Crippen LogP contribution >= 0.6 is 0 Å². The van der Waals surface area contributed by atoms with Crippen molar-refractivity contribution in [3.8, 4) is 0 Å². The maximum Gasteiger partial charge on any atom is 0.0598 e. The molecule has 0 aromatic heterocycles. The predicted octanol–water partition coefficient (Wildman–Crippen LogP) is 2.05. The zero-order valence-corrected chi connectivity index (χ0v) is 11.1. The predicted molar refractivity (Wildman–Crippen MR) is 70.0 cm³/mol. The van der Waals surface area contributed by atoms with Crippen LogP contribution in [0.3, 0.4) is 0 Å². The minimum absolute atomic E-state index is 0.150. The minimum Gasteiger partial charge on any atom is -0.302 e. The summed E-state index contributed by atoms with van der Waals surface area (Å²) in [7, 11) is 4.33. The number of likely N-dealkylation sites (N-methyl/N-ethyl adjacent to an activating group) is 1. The molecule has 0 bridgehead atoms. The van der Waals surface area contributed by atoms with Gasteiger partial charge in [-0.05, 0) is 33.9 Å². The molecule has 0 aliphatic heterocycles. The summed E-state index contributed by atoms with van der Waals surface area (Å²) >= 11 is 0. The van der Waals surface area contributed by atoms with E-state index in [2.05, 4.69) is 37.9 Å². The second kappa shape index (κ2) is 5.80. The maximum atomic E-state index is 5.74. The van der Waals surface area contributed by atoms with E-state index in [1.165, 1.54) is 38.5 Å². The minimum atomic E-state index is 0.150. The lowest BCUT2D eigenvalue weighted by molar-refractivity contribution is 0.0947. The molecule has 0 amide bonds. The number of nitrogens with two attached hydrogens (primary N) is 1. The topological polar surface area (TPSA) is 41.3 Å². The van der Waals surface area contributed by atoms with Crippen molar-refractivity contribution in [3.63, 3.8) is 0 Å². The third-order valence-corrected chi connectivity index (χ3v) is 4.06. The van der Waals surface area contributed by atoms with Gasteiger partial charge in [-0.3, -0.25) is 11.3 Å². The number of hydrazine groups is 1. The molecule has 0 saturated heterocycles. The van der Waals surface area contributed by atoms with Crippen LogP contribution in [0.2, 0.25) is 0 Å². The fraction of sp³-hybridized carbons (Fsp3) is 0.846. The number of hydrogen-bond donors (Lipinski definition) is 2. The van der Waals surface area contributed by atoms with Gasteiger partial charge in [0, 0.05) is 5.54 Å². The quantitative estimate of drug-likeness (QED) is 0.333. The fourth-order valence-electron chi connectivity index (χ4n) is 3.09. The Kier molecular flexibility index (Phi) is 4.96. The summed E-state index contributed by atoms with van der Waals surface area (Å²) in [5.41, 5.74) is 4.27. The van der Waals surface area contributed by atoms with Crippen molar-refractivity contribution in [2.24, 2.45) is 5.84 Å². The third-order valence-electron chi connectivity index (χ3n) is 4.06. The number of nitrogens with zero attached hydrogens (tertiary/aromatic N) is 1. The molecule has 3 N–H and O–H groups in total. The Morgan fingerprint density at radius 2 is 1.75 bits per heavy atom. The second-order valence-corrected chi connectivity index (χ2v) is 5.36. The fourth-order valence-corrected chi connectivity index (χ4v) is 3.09. The first-order valence-corrected chi connectivity index (χ1v) is 6.33. The summed E-state index contributed by atoms with van der Waals surface area (Å²) < 4.78 is 0. The maximum absolute atomic E-state index is 5.74. The highest BCUT2D eigenvalue weighted by molar-refractivity contribution is 5.14. The van der Waals surface area contributed by atoms with Gasteiger partial charge in [0.15, 0.2) is 0 Å². The van der Waals surface area contributed by atoms with Crippen molar-refractivity contribution in [1.29, 1.82) is 0 Å². The first-order valence-electron chi connectivity index (χ1n) is 6.33. The van der Waals surface area contributed by atoms with Gasteiger partial charge in [-0.15, -0.1) is 0 Å². The molecule has 1 atom stereocenters. The van der Waals surface area contributed by atoms with Crippen molar-refractivity contribution >= 4 is 0 Å². The lowest BCUT2D eigenvalue weighted by atomic mass is 9.79. The van der Waals surface area contributed by atoms with Crippen molar-refractivity contribution < 1.29 is 0 Å². The molecule has 1 aliphatic rings. The monoisotopic (exact) mass is 225 g/mol. The van der Waals surface area contributed by atoms with Crippen LogP contribution < -0.4 is 11.3 Å². The number of hydrogen-bond acceptors (Lipinski definition) is 3. The van der Waals surface area contributed by atoms with Crippen LogP contribution in [-0.4, -0.2) is 30.6 Å². The van der Waals surface area contributed by atoms with Crippen LogP contribution in [0, 0.1) is 0 Å². The van der Waals surface area contributed by atoms with Crippen molar-refractivity contribution in [3.05, 3.63) is 12.2 Å². The van der Waals surface area contributed by atoms with E-state index in [9.17, 15) is 0 Å². The van der Waals surface area contributed by atoms with E-state index in [1.807, 2.05) is 0 Å². The van der Waals surface area contributed by atoms with E-state index in [0.29, 0.717) is 0 Å². The zero-order valence-electron chi connectivity index (χ0n) is 11.1. The van der Waals surface area contributed by atoms with Gasteiger partial charge in [-0.25, -0.2) is 0 Å². The molecule has 1 rings (SSSR count). The SMILES string of the molecule is C=C(C)C(NN)C1(N(C)C)CCCCCC1. The molecule has 0 heterocycles. The first-order chi connectivity index (χ1) is 7.54. The van der Waals surface area contributed by atoms with Crippen molar-refractivity contribution in [1.82, 2.24) is 10.3 Å². The van der Waals surface area contributed by atoms with Crippen LogP contribution in [0.1, 0.15) is 45.4 Å². The normalized spacial score (nSPS) is 22.8. The van der Waals surface area contributed by atoms with E-state index >= 15 is 0 Å². The Bertz CT molecular complexity index is 227. The van der Waals surface area contributed by atoms with E-state index in [-0.39, 0.29) is 11.6 Å². The van der Waals surface area contributed by atoms with Gasteiger partial charge < -0.3 is 4.90 Å². The van der Waals surface area contributed by atoms with E-state index in [0.717, 1.165) is 5.57 Å². The lowest BCUT2D eigenvalue weighted by Gasteiger charge is -2.46. The number of rotatable bonds is 4.